The average molecular weight is 502 g/mol. The van der Waals surface area contributed by atoms with Crippen molar-refractivity contribution in [1.82, 2.24) is 20.3 Å². The topological polar surface area (TPSA) is 113 Å². The lowest BCUT2D eigenvalue weighted by Gasteiger charge is -2.24. The largest absolute Gasteiger partial charge is 0.449 e. The van der Waals surface area contributed by atoms with Gasteiger partial charge in [0.2, 0.25) is 0 Å². The first-order valence-electron chi connectivity index (χ1n) is 12.3. The Morgan fingerprint density at radius 2 is 1.84 bits per heavy atom. The van der Waals surface area contributed by atoms with Gasteiger partial charge in [-0.1, -0.05) is 6.07 Å². The van der Waals surface area contributed by atoms with E-state index in [9.17, 15) is 9.59 Å². The first-order valence-corrected chi connectivity index (χ1v) is 12.3. The normalized spacial score (nSPS) is 15.6. The van der Waals surface area contributed by atoms with Crippen LogP contribution in [0.5, 0.6) is 0 Å². The number of rotatable bonds is 7. The quantitative estimate of drug-likeness (QED) is 0.468. The lowest BCUT2D eigenvalue weighted by atomic mass is 10.0. The minimum absolute atomic E-state index is 0.106. The van der Waals surface area contributed by atoms with Crippen LogP contribution >= 0.6 is 0 Å². The van der Waals surface area contributed by atoms with Gasteiger partial charge in [-0.05, 0) is 65.1 Å². The Hall–Kier alpha value is -4.05. The summed E-state index contributed by atoms with van der Waals surface area (Å²) in [5.74, 6) is 1.89. The summed E-state index contributed by atoms with van der Waals surface area (Å²) in [5, 5.41) is 6.37. The highest BCUT2D eigenvalue weighted by molar-refractivity contribution is 6.10. The summed E-state index contributed by atoms with van der Waals surface area (Å²) in [6.07, 6.45) is 0. The molecular weight excluding hydrogens is 470 g/mol. The van der Waals surface area contributed by atoms with Crippen molar-refractivity contribution < 1.29 is 14.3 Å². The van der Waals surface area contributed by atoms with E-state index in [-0.39, 0.29) is 17.9 Å². The van der Waals surface area contributed by atoms with Gasteiger partial charge in [0.05, 0.1) is 23.4 Å². The Morgan fingerprint density at radius 1 is 1.08 bits per heavy atom. The number of pyridine rings is 3. The van der Waals surface area contributed by atoms with E-state index in [1.165, 1.54) is 0 Å². The summed E-state index contributed by atoms with van der Waals surface area (Å²) < 4.78 is 5.41. The van der Waals surface area contributed by atoms with E-state index in [1.807, 2.05) is 52.2 Å². The first kappa shape index (κ1) is 24.6. The molecule has 192 valence electrons. The molecule has 0 aliphatic carbocycles. The lowest BCUT2D eigenvalue weighted by Crippen LogP contribution is -2.27. The fourth-order valence-corrected chi connectivity index (χ4v) is 4.56. The molecule has 10 nitrogen and oxygen atoms in total. The third-order valence-electron chi connectivity index (χ3n) is 6.77. The van der Waals surface area contributed by atoms with Crippen molar-refractivity contribution >= 4 is 35.1 Å². The Morgan fingerprint density at radius 3 is 2.57 bits per heavy atom. The second-order valence-corrected chi connectivity index (χ2v) is 10.1. The summed E-state index contributed by atoms with van der Waals surface area (Å²) >= 11 is 0. The maximum atomic E-state index is 13.5. The number of carbonyl (C=O) groups excluding carboxylic acids is 2. The van der Waals surface area contributed by atoms with E-state index in [0.717, 1.165) is 17.1 Å². The Balaban J connectivity index is 1.43. The van der Waals surface area contributed by atoms with Gasteiger partial charge in [0.25, 0.3) is 5.91 Å². The highest BCUT2D eigenvalue weighted by atomic mass is 16.6. The van der Waals surface area contributed by atoms with Gasteiger partial charge in [0.15, 0.2) is 0 Å². The summed E-state index contributed by atoms with van der Waals surface area (Å²) in [5.41, 5.74) is 2.66. The fraction of sp³-hybridized carbons (Fsp3) is 0.370. The van der Waals surface area contributed by atoms with Crippen LogP contribution in [-0.2, 0) is 23.4 Å². The summed E-state index contributed by atoms with van der Waals surface area (Å²) in [6.45, 7) is 8.75. The van der Waals surface area contributed by atoms with Crippen LogP contribution in [0, 0.1) is 0 Å². The molecule has 5 heterocycles. The van der Waals surface area contributed by atoms with Crippen molar-refractivity contribution in [3.63, 3.8) is 0 Å². The number of cyclic esters (lactones) is 1. The van der Waals surface area contributed by atoms with Crippen molar-refractivity contribution in [2.45, 2.75) is 52.4 Å². The van der Waals surface area contributed by atoms with Crippen LogP contribution in [0.3, 0.4) is 0 Å². The van der Waals surface area contributed by atoms with Gasteiger partial charge in [-0.2, -0.15) is 0 Å². The van der Waals surface area contributed by atoms with Crippen molar-refractivity contribution in [2.24, 2.45) is 0 Å². The molecule has 0 saturated heterocycles. The van der Waals surface area contributed by atoms with Crippen LogP contribution in [0.25, 0.3) is 0 Å². The number of hydrogen-bond acceptors (Lipinski definition) is 9. The summed E-state index contributed by atoms with van der Waals surface area (Å²) in [4.78, 5) is 43.5. The molecule has 3 aromatic heterocycles. The molecule has 2 N–H and O–H groups in total. The molecule has 10 heteroatoms. The van der Waals surface area contributed by atoms with Gasteiger partial charge in [-0.25, -0.2) is 19.7 Å². The molecule has 2 aliphatic rings. The zero-order valence-corrected chi connectivity index (χ0v) is 21.9. The number of nitrogens with zero attached hydrogens (tertiary/aromatic N) is 5. The smallest absolute Gasteiger partial charge is 0.341 e. The maximum Gasteiger partial charge on any atom is 0.341 e. The van der Waals surface area contributed by atoms with Crippen molar-refractivity contribution in [3.05, 3.63) is 64.5 Å². The monoisotopic (exact) mass is 501 g/mol. The highest BCUT2D eigenvalue weighted by Crippen LogP contribution is 2.36. The van der Waals surface area contributed by atoms with Crippen LogP contribution in [-0.4, -0.2) is 47.0 Å². The number of nitrogens with one attached hydrogen (secondary N) is 2. The van der Waals surface area contributed by atoms with Gasteiger partial charge >= 0.3 is 5.97 Å². The Labute approximate surface area is 216 Å². The van der Waals surface area contributed by atoms with Crippen LogP contribution in [0.2, 0.25) is 0 Å². The number of aromatic nitrogens is 3. The minimum Gasteiger partial charge on any atom is -0.449 e. The molecule has 0 radical (unpaired) electrons. The molecule has 1 amide bonds. The van der Waals surface area contributed by atoms with Crippen LogP contribution in [0.4, 0.5) is 23.3 Å². The molecule has 0 spiro atoms. The predicted molar refractivity (Wildman–Crippen MR) is 141 cm³/mol. The van der Waals surface area contributed by atoms with Gasteiger partial charge < -0.3 is 20.3 Å². The molecule has 3 aromatic rings. The fourth-order valence-electron chi connectivity index (χ4n) is 4.56. The molecule has 0 fully saturated rings. The molecular formula is C27H31N7O3. The van der Waals surface area contributed by atoms with E-state index >= 15 is 0 Å². The zero-order valence-electron chi connectivity index (χ0n) is 21.9. The molecule has 0 unspecified atom stereocenters. The van der Waals surface area contributed by atoms with Gasteiger partial charge in [-0.15, -0.1) is 0 Å². The third-order valence-corrected chi connectivity index (χ3v) is 6.77. The van der Waals surface area contributed by atoms with Crippen LogP contribution < -0.4 is 20.4 Å². The summed E-state index contributed by atoms with van der Waals surface area (Å²) in [7, 11) is 3.85. The van der Waals surface area contributed by atoms with Gasteiger partial charge in [-0.3, -0.25) is 9.69 Å². The van der Waals surface area contributed by atoms with Crippen molar-refractivity contribution in [2.75, 3.05) is 29.2 Å². The minimum atomic E-state index is -0.797. The van der Waals surface area contributed by atoms with Gasteiger partial charge in [0, 0.05) is 25.2 Å². The number of hydrogen-bond donors (Lipinski definition) is 2. The SMILES string of the molecule is CNCc1nc(N(C)C(C)C)cc2c1CN(c1cccc(Nc3ccc4c(n3)C(C)(C)OC4=O)n1)C2=O. The van der Waals surface area contributed by atoms with Gasteiger partial charge in [0.1, 0.15) is 34.6 Å². The van der Waals surface area contributed by atoms with E-state index in [1.54, 1.807) is 17.0 Å². The number of fused-ring (bicyclic) bond motifs is 2. The predicted octanol–water partition coefficient (Wildman–Crippen LogP) is 3.75. The standard InChI is InChI=1S/C27H31N7O3/c1-15(2)33(6)23-12-17-18(19(29-23)13-28-5)14-34(25(17)35)22-9-7-8-20(31-22)30-21-11-10-16-24(32-21)27(3,4)37-26(16)36/h7-12,15,28H,13-14H2,1-6H3,(H,30,31,32). The van der Waals surface area contributed by atoms with Crippen molar-refractivity contribution in [3.8, 4) is 0 Å². The van der Waals surface area contributed by atoms with E-state index in [0.29, 0.717) is 47.4 Å². The Kier molecular flexibility index (Phi) is 6.07. The average Bonchev–Trinajstić information content (AvgIpc) is 3.31. The lowest BCUT2D eigenvalue weighted by molar-refractivity contribution is 0.00833. The molecule has 0 atom stereocenters. The first-order chi connectivity index (χ1) is 17.6. The molecule has 5 rings (SSSR count). The van der Waals surface area contributed by atoms with Crippen molar-refractivity contribution in [1.29, 1.82) is 0 Å². The number of ether oxygens (including phenoxy) is 1. The maximum absolute atomic E-state index is 13.5. The molecule has 0 bridgehead atoms. The van der Waals surface area contributed by atoms with E-state index < -0.39 is 5.60 Å². The second kappa shape index (κ2) is 9.11. The number of amides is 1. The zero-order chi connectivity index (χ0) is 26.5. The molecule has 2 aliphatic heterocycles. The van der Waals surface area contributed by atoms with E-state index in [4.69, 9.17) is 14.7 Å². The molecule has 0 aromatic carbocycles. The highest BCUT2D eigenvalue weighted by Gasteiger charge is 2.39. The molecule has 37 heavy (non-hydrogen) atoms. The number of carbonyl (C=O) groups is 2. The Bertz CT molecular complexity index is 1400. The third kappa shape index (κ3) is 4.37. The molecule has 0 saturated carbocycles. The van der Waals surface area contributed by atoms with E-state index in [2.05, 4.69) is 34.4 Å². The second-order valence-electron chi connectivity index (χ2n) is 10.1. The van der Waals surface area contributed by atoms with Crippen LogP contribution in [0.1, 0.15) is 65.4 Å². The van der Waals surface area contributed by atoms with Crippen LogP contribution in [0.15, 0.2) is 36.4 Å². The number of anilines is 4. The summed E-state index contributed by atoms with van der Waals surface area (Å²) in [6, 6.07) is 11.0. The number of esters is 1.